The van der Waals surface area contributed by atoms with Gasteiger partial charge in [0.2, 0.25) is 0 Å². The first-order valence-electron chi connectivity index (χ1n) is 11.2. The van der Waals surface area contributed by atoms with E-state index in [2.05, 4.69) is 0 Å². The second kappa shape index (κ2) is 9.59. The number of benzene rings is 2. The number of methoxy groups -OCH3 is 1. The summed E-state index contributed by atoms with van der Waals surface area (Å²) in [4.78, 5) is 30.8. The topological polar surface area (TPSA) is 58.0 Å². The number of piperazine rings is 1. The average Bonchev–Trinajstić information content (AvgIpc) is 3.20. The Morgan fingerprint density at radius 3 is 2.15 bits per heavy atom. The lowest BCUT2D eigenvalue weighted by atomic mass is 10.1. The maximum atomic E-state index is 14.8. The van der Waals surface area contributed by atoms with Crippen LogP contribution in [-0.2, 0) is 0 Å². The summed E-state index contributed by atoms with van der Waals surface area (Å²) in [5.41, 5.74) is 3.11. The predicted octanol–water partition coefficient (Wildman–Crippen LogP) is 4.04. The number of carbonyl (C=O) groups excluding carboxylic acids is 2. The van der Waals surface area contributed by atoms with Gasteiger partial charge in [-0.25, -0.2) is 9.18 Å². The number of hydrogen-bond acceptors (Lipinski definition) is 3. The van der Waals surface area contributed by atoms with Crippen LogP contribution in [0.25, 0.3) is 16.9 Å². The third kappa shape index (κ3) is 4.35. The van der Waals surface area contributed by atoms with Crippen molar-refractivity contribution >= 4 is 11.9 Å². The molecule has 1 aromatic heterocycles. The lowest BCUT2D eigenvalue weighted by Gasteiger charge is -2.36. The third-order valence-electron chi connectivity index (χ3n) is 6.18. The molecule has 3 aromatic rings. The van der Waals surface area contributed by atoms with Crippen LogP contribution >= 0.6 is 0 Å². The standard InChI is InChI=1S/C26H29FN4O3/c1-18-21(25(32)29-13-15-30(16-14-29)26(33)28(2)3)17-24(19-9-11-20(34-4)12-10-19)31(18)23-8-6-5-7-22(23)27/h5-12,17H,13-16H2,1-4H3. The lowest BCUT2D eigenvalue weighted by molar-refractivity contribution is 0.0649. The Morgan fingerprint density at radius 2 is 1.56 bits per heavy atom. The van der Waals surface area contributed by atoms with Crippen molar-refractivity contribution in [1.29, 1.82) is 0 Å². The smallest absolute Gasteiger partial charge is 0.319 e. The maximum absolute atomic E-state index is 14.8. The molecule has 3 amide bonds. The number of carbonyl (C=O) groups is 2. The van der Waals surface area contributed by atoms with Crippen LogP contribution in [0.2, 0.25) is 0 Å². The van der Waals surface area contributed by atoms with Gasteiger partial charge in [0.15, 0.2) is 0 Å². The highest BCUT2D eigenvalue weighted by atomic mass is 19.1. The third-order valence-corrected chi connectivity index (χ3v) is 6.18. The monoisotopic (exact) mass is 464 g/mol. The second-order valence-electron chi connectivity index (χ2n) is 8.50. The van der Waals surface area contributed by atoms with Crippen LogP contribution in [0, 0.1) is 12.7 Å². The van der Waals surface area contributed by atoms with Gasteiger partial charge in [-0.2, -0.15) is 0 Å². The van der Waals surface area contributed by atoms with Crippen LogP contribution in [0.5, 0.6) is 5.75 Å². The van der Waals surface area contributed by atoms with Crippen molar-refractivity contribution in [1.82, 2.24) is 19.3 Å². The Bertz CT molecular complexity index is 1200. The van der Waals surface area contributed by atoms with E-state index in [1.807, 2.05) is 37.3 Å². The molecule has 0 radical (unpaired) electrons. The predicted molar refractivity (Wildman–Crippen MR) is 129 cm³/mol. The van der Waals surface area contributed by atoms with Gasteiger partial charge in [0.1, 0.15) is 11.6 Å². The molecule has 0 unspecified atom stereocenters. The van der Waals surface area contributed by atoms with E-state index in [-0.39, 0.29) is 17.8 Å². The van der Waals surface area contributed by atoms with Gasteiger partial charge in [0.25, 0.3) is 5.91 Å². The van der Waals surface area contributed by atoms with Gasteiger partial charge in [0.05, 0.1) is 24.1 Å². The minimum atomic E-state index is -0.370. The number of rotatable bonds is 4. The van der Waals surface area contributed by atoms with E-state index in [4.69, 9.17) is 4.74 Å². The summed E-state index contributed by atoms with van der Waals surface area (Å²) < 4.78 is 21.9. The van der Waals surface area contributed by atoms with Crippen LogP contribution < -0.4 is 4.74 Å². The molecule has 0 atom stereocenters. The quantitative estimate of drug-likeness (QED) is 0.586. The van der Waals surface area contributed by atoms with Crippen molar-refractivity contribution in [3.05, 3.63) is 71.7 Å². The second-order valence-corrected chi connectivity index (χ2v) is 8.50. The van der Waals surface area contributed by atoms with Crippen molar-refractivity contribution in [3.63, 3.8) is 0 Å². The van der Waals surface area contributed by atoms with E-state index in [1.54, 1.807) is 53.8 Å². The van der Waals surface area contributed by atoms with Crippen LogP contribution in [0.15, 0.2) is 54.6 Å². The number of hydrogen-bond donors (Lipinski definition) is 0. The minimum absolute atomic E-state index is 0.0595. The van der Waals surface area contributed by atoms with E-state index in [9.17, 15) is 14.0 Å². The average molecular weight is 465 g/mol. The Kier molecular flexibility index (Phi) is 6.58. The zero-order valence-electron chi connectivity index (χ0n) is 19.9. The van der Waals surface area contributed by atoms with Crippen molar-refractivity contribution in [2.24, 2.45) is 0 Å². The fraction of sp³-hybridized carbons (Fsp3) is 0.308. The van der Waals surface area contributed by atoms with Gasteiger partial charge in [-0.15, -0.1) is 0 Å². The lowest BCUT2D eigenvalue weighted by Crippen LogP contribution is -2.52. The SMILES string of the molecule is COc1ccc(-c2cc(C(=O)N3CCN(C(=O)N(C)C)CC3)c(C)n2-c2ccccc2F)cc1. The number of aromatic nitrogens is 1. The molecule has 0 spiro atoms. The highest BCUT2D eigenvalue weighted by molar-refractivity contribution is 5.97. The minimum Gasteiger partial charge on any atom is -0.497 e. The number of halogens is 1. The van der Waals surface area contributed by atoms with E-state index in [0.717, 1.165) is 11.3 Å². The number of para-hydroxylation sites is 1. The first kappa shape index (κ1) is 23.4. The van der Waals surface area contributed by atoms with Gasteiger partial charge in [-0.05, 0) is 55.0 Å². The summed E-state index contributed by atoms with van der Waals surface area (Å²) in [6, 6.07) is 15.8. The van der Waals surface area contributed by atoms with E-state index in [0.29, 0.717) is 48.9 Å². The molecule has 2 heterocycles. The highest BCUT2D eigenvalue weighted by Gasteiger charge is 2.29. The van der Waals surface area contributed by atoms with E-state index < -0.39 is 0 Å². The molecule has 0 saturated carbocycles. The summed E-state index contributed by atoms with van der Waals surface area (Å²) in [5.74, 6) is 0.219. The number of nitrogens with zero attached hydrogens (tertiary/aromatic N) is 4. The molecule has 34 heavy (non-hydrogen) atoms. The summed E-state index contributed by atoms with van der Waals surface area (Å²) in [6.45, 7) is 3.67. The molecule has 1 aliphatic heterocycles. The largest absolute Gasteiger partial charge is 0.497 e. The van der Waals surface area contributed by atoms with Crippen molar-refractivity contribution in [2.45, 2.75) is 6.92 Å². The fourth-order valence-electron chi connectivity index (χ4n) is 4.30. The first-order valence-corrected chi connectivity index (χ1v) is 11.2. The van der Waals surface area contributed by atoms with Crippen LogP contribution in [0.3, 0.4) is 0 Å². The van der Waals surface area contributed by atoms with Gasteiger partial charge in [-0.1, -0.05) is 12.1 Å². The highest BCUT2D eigenvalue weighted by Crippen LogP contribution is 2.32. The molecule has 7 nitrogen and oxygen atoms in total. The molecule has 0 N–H and O–H groups in total. The van der Waals surface area contributed by atoms with E-state index in [1.165, 1.54) is 11.0 Å². The zero-order valence-corrected chi connectivity index (χ0v) is 19.9. The Balaban J connectivity index is 1.70. The van der Waals surface area contributed by atoms with Crippen molar-refractivity contribution < 1.29 is 18.7 Å². The molecule has 1 aliphatic rings. The number of amides is 3. The summed E-state index contributed by atoms with van der Waals surface area (Å²) in [5, 5.41) is 0. The molecule has 1 saturated heterocycles. The Hall–Kier alpha value is -3.81. The van der Waals surface area contributed by atoms with Crippen LogP contribution in [0.1, 0.15) is 16.1 Å². The Labute approximate surface area is 198 Å². The summed E-state index contributed by atoms with van der Waals surface area (Å²) in [6.07, 6.45) is 0. The number of urea groups is 1. The molecule has 1 fully saturated rings. The fourth-order valence-corrected chi connectivity index (χ4v) is 4.30. The van der Waals surface area contributed by atoms with Gasteiger partial charge in [-0.3, -0.25) is 4.79 Å². The molecule has 0 aliphatic carbocycles. The normalized spacial score (nSPS) is 13.7. The first-order chi connectivity index (χ1) is 16.3. The van der Waals surface area contributed by atoms with Crippen molar-refractivity contribution in [3.8, 4) is 22.7 Å². The van der Waals surface area contributed by atoms with Crippen LogP contribution in [0.4, 0.5) is 9.18 Å². The van der Waals surface area contributed by atoms with Gasteiger partial charge >= 0.3 is 6.03 Å². The Morgan fingerprint density at radius 1 is 0.941 bits per heavy atom. The molecule has 4 rings (SSSR count). The molecule has 2 aromatic carbocycles. The van der Waals surface area contributed by atoms with E-state index >= 15 is 0 Å². The molecular formula is C26H29FN4O3. The van der Waals surface area contributed by atoms with Crippen LogP contribution in [-0.4, -0.2) is 78.6 Å². The van der Waals surface area contributed by atoms with Gasteiger partial charge < -0.3 is 24.0 Å². The molecule has 0 bridgehead atoms. The van der Waals surface area contributed by atoms with Gasteiger partial charge in [0, 0.05) is 46.0 Å². The molecule has 178 valence electrons. The number of ether oxygens (including phenoxy) is 1. The maximum Gasteiger partial charge on any atom is 0.319 e. The summed E-state index contributed by atoms with van der Waals surface area (Å²) >= 11 is 0. The van der Waals surface area contributed by atoms with Crippen molar-refractivity contribution in [2.75, 3.05) is 47.4 Å². The summed E-state index contributed by atoms with van der Waals surface area (Å²) in [7, 11) is 5.04. The molecular weight excluding hydrogens is 435 g/mol. The zero-order chi connectivity index (χ0) is 24.4. The molecule has 8 heteroatoms.